The molecule has 0 saturated heterocycles. The molecule has 3 nitrogen and oxygen atoms in total. The van der Waals surface area contributed by atoms with Crippen LogP contribution in [-0.2, 0) is 4.79 Å². The van der Waals surface area contributed by atoms with Crippen molar-refractivity contribution in [2.24, 2.45) is 4.99 Å². The van der Waals surface area contributed by atoms with Gasteiger partial charge in [-0.2, -0.15) is 0 Å². The zero-order chi connectivity index (χ0) is 19.4. The van der Waals surface area contributed by atoms with Gasteiger partial charge in [0.15, 0.2) is 5.17 Å². The van der Waals surface area contributed by atoms with Gasteiger partial charge in [-0.15, -0.1) is 0 Å². The minimum Gasteiger partial charge on any atom is -0.305 e. The van der Waals surface area contributed by atoms with Crippen LogP contribution < -0.4 is 5.32 Å². The van der Waals surface area contributed by atoms with E-state index in [1.165, 1.54) is 25.7 Å². The van der Waals surface area contributed by atoms with Crippen LogP contribution in [0.2, 0.25) is 0 Å². The second-order valence-electron chi connectivity index (χ2n) is 6.56. The fraction of sp³-hybridized carbons (Fsp3) is 0.565. The maximum absolute atomic E-state index is 11.7. The Kier molecular flexibility index (Phi) is 15.5. The van der Waals surface area contributed by atoms with E-state index in [2.05, 4.69) is 65.8 Å². The van der Waals surface area contributed by atoms with Gasteiger partial charge in [-0.1, -0.05) is 80.1 Å². The highest BCUT2D eigenvalue weighted by atomic mass is 32.2. The number of carbonyl (C=O) groups excluding carboxylic acids is 1. The number of amidine groups is 1. The van der Waals surface area contributed by atoms with Crippen molar-refractivity contribution in [1.29, 1.82) is 0 Å². The summed E-state index contributed by atoms with van der Waals surface area (Å²) >= 11 is 1.62. The van der Waals surface area contributed by atoms with Crippen molar-refractivity contribution < 1.29 is 4.79 Å². The summed E-state index contributed by atoms with van der Waals surface area (Å²) in [6.07, 6.45) is 28.3. The van der Waals surface area contributed by atoms with Crippen molar-refractivity contribution in [1.82, 2.24) is 5.32 Å². The lowest BCUT2D eigenvalue weighted by atomic mass is 10.2. The van der Waals surface area contributed by atoms with Crippen LogP contribution in [-0.4, -0.2) is 23.4 Å². The first-order chi connectivity index (χ1) is 13.3. The maximum Gasteiger partial charge on any atom is 0.225 e. The quantitative estimate of drug-likeness (QED) is 0.278. The molecule has 0 spiro atoms. The minimum absolute atomic E-state index is 0.0824. The Balaban J connectivity index is 1.91. The second-order valence-corrected chi connectivity index (χ2v) is 7.65. The van der Waals surface area contributed by atoms with E-state index in [0.717, 1.165) is 49.6 Å². The molecule has 0 aromatic heterocycles. The Bertz CT molecular complexity index is 532. The fourth-order valence-corrected chi connectivity index (χ4v) is 3.28. The number of thioether (sulfide) groups is 1. The molecular weight excluding hydrogens is 352 g/mol. The SMILES string of the molecule is CCCCC/C=C\C/C=C\C/C=C\C/C=C\CCCC(=O)NC1=NCCS1. The van der Waals surface area contributed by atoms with Crippen molar-refractivity contribution in [3.05, 3.63) is 48.6 Å². The van der Waals surface area contributed by atoms with Crippen molar-refractivity contribution in [2.45, 2.75) is 71.1 Å². The van der Waals surface area contributed by atoms with E-state index in [9.17, 15) is 4.79 Å². The molecule has 1 heterocycles. The molecule has 0 bridgehead atoms. The second kappa shape index (κ2) is 17.8. The summed E-state index contributed by atoms with van der Waals surface area (Å²) in [4.78, 5) is 15.9. The van der Waals surface area contributed by atoms with Gasteiger partial charge in [0.2, 0.25) is 5.91 Å². The predicted molar refractivity (Wildman–Crippen MR) is 121 cm³/mol. The Hall–Kier alpha value is -1.55. The number of nitrogens with zero attached hydrogens (tertiary/aromatic N) is 1. The minimum atomic E-state index is 0.0824. The third kappa shape index (κ3) is 15.2. The first kappa shape index (κ1) is 23.5. The molecule has 0 aromatic carbocycles. The first-order valence-corrected chi connectivity index (χ1v) is 11.4. The lowest BCUT2D eigenvalue weighted by Crippen LogP contribution is -2.26. The van der Waals surface area contributed by atoms with Gasteiger partial charge in [-0.3, -0.25) is 9.79 Å². The van der Waals surface area contributed by atoms with Crippen molar-refractivity contribution in [3.63, 3.8) is 0 Å². The number of allylic oxidation sites excluding steroid dienone is 8. The van der Waals surface area contributed by atoms with E-state index in [0.29, 0.717) is 6.42 Å². The number of rotatable bonds is 14. The maximum atomic E-state index is 11.7. The molecule has 27 heavy (non-hydrogen) atoms. The number of amides is 1. The molecule has 0 saturated carbocycles. The smallest absolute Gasteiger partial charge is 0.225 e. The van der Waals surface area contributed by atoms with Crippen molar-refractivity contribution >= 4 is 22.8 Å². The zero-order valence-corrected chi connectivity index (χ0v) is 17.7. The molecule has 0 aliphatic carbocycles. The first-order valence-electron chi connectivity index (χ1n) is 10.4. The molecule has 0 atom stereocenters. The predicted octanol–water partition coefficient (Wildman–Crippen LogP) is 6.35. The van der Waals surface area contributed by atoms with E-state index in [1.54, 1.807) is 11.8 Å². The molecule has 0 fully saturated rings. The standard InChI is InChI=1S/C23H36N2OS/c1-2-3-4-5-6-7-8-9-10-11-12-13-14-15-16-17-18-19-22(26)25-23-24-20-21-27-23/h6-7,9-10,12-13,15-16H,2-5,8,11,14,17-21H2,1H3,(H,24,25,26)/b7-6-,10-9-,13-12-,16-15-. The number of hydrogen-bond acceptors (Lipinski definition) is 3. The third-order valence-corrected chi connectivity index (χ3v) is 4.96. The summed E-state index contributed by atoms with van der Waals surface area (Å²) < 4.78 is 0. The van der Waals surface area contributed by atoms with Gasteiger partial charge in [-0.25, -0.2) is 0 Å². The molecule has 1 aliphatic heterocycles. The van der Waals surface area contributed by atoms with Gasteiger partial charge in [0.25, 0.3) is 0 Å². The van der Waals surface area contributed by atoms with Crippen LogP contribution in [0, 0.1) is 0 Å². The number of unbranched alkanes of at least 4 members (excludes halogenated alkanes) is 4. The van der Waals surface area contributed by atoms with Gasteiger partial charge in [-0.05, 0) is 44.9 Å². The summed E-state index contributed by atoms with van der Waals surface area (Å²) in [6.45, 7) is 3.06. The largest absolute Gasteiger partial charge is 0.305 e. The summed E-state index contributed by atoms with van der Waals surface area (Å²) in [5, 5.41) is 3.65. The molecule has 0 unspecified atom stereocenters. The lowest BCUT2D eigenvalue weighted by Gasteiger charge is -2.02. The highest BCUT2D eigenvalue weighted by molar-refractivity contribution is 8.14. The fourth-order valence-electron chi connectivity index (χ4n) is 2.53. The van der Waals surface area contributed by atoms with Gasteiger partial charge in [0, 0.05) is 12.2 Å². The van der Waals surface area contributed by atoms with Crippen LogP contribution in [0.3, 0.4) is 0 Å². The van der Waals surface area contributed by atoms with Gasteiger partial charge >= 0.3 is 0 Å². The third-order valence-electron chi connectivity index (χ3n) is 4.06. The molecule has 4 heteroatoms. The van der Waals surface area contributed by atoms with Gasteiger partial charge in [0.05, 0.1) is 6.54 Å². The van der Waals surface area contributed by atoms with Crippen LogP contribution in [0.4, 0.5) is 0 Å². The van der Waals surface area contributed by atoms with Crippen molar-refractivity contribution in [2.75, 3.05) is 12.3 Å². The van der Waals surface area contributed by atoms with Crippen molar-refractivity contribution in [3.8, 4) is 0 Å². The Morgan fingerprint density at radius 3 is 2.07 bits per heavy atom. The van der Waals surface area contributed by atoms with E-state index in [-0.39, 0.29) is 5.91 Å². The molecular formula is C23H36N2OS. The average molecular weight is 389 g/mol. The monoisotopic (exact) mass is 388 g/mol. The molecule has 1 N–H and O–H groups in total. The van der Waals surface area contributed by atoms with Crippen LogP contribution in [0.15, 0.2) is 53.6 Å². The van der Waals surface area contributed by atoms with Crippen LogP contribution in [0.5, 0.6) is 0 Å². The average Bonchev–Trinajstić information content (AvgIpc) is 3.17. The van der Waals surface area contributed by atoms with Crippen LogP contribution in [0.25, 0.3) is 0 Å². The Morgan fingerprint density at radius 1 is 0.926 bits per heavy atom. The topological polar surface area (TPSA) is 41.5 Å². The van der Waals surface area contributed by atoms with Gasteiger partial charge < -0.3 is 5.32 Å². The van der Waals surface area contributed by atoms with E-state index >= 15 is 0 Å². The van der Waals surface area contributed by atoms with Gasteiger partial charge in [0.1, 0.15) is 0 Å². The highest BCUT2D eigenvalue weighted by Gasteiger charge is 2.09. The lowest BCUT2D eigenvalue weighted by molar-refractivity contribution is -0.119. The zero-order valence-electron chi connectivity index (χ0n) is 16.9. The molecule has 0 radical (unpaired) electrons. The summed E-state index contributed by atoms with van der Waals surface area (Å²) in [5.74, 6) is 1.07. The molecule has 1 aliphatic rings. The number of aliphatic imine (C=N–C) groups is 1. The van der Waals surface area contributed by atoms with Crippen LogP contribution >= 0.6 is 11.8 Å². The molecule has 150 valence electrons. The summed E-state index contributed by atoms with van der Waals surface area (Å²) in [6, 6.07) is 0. The normalized spacial score (nSPS) is 14.9. The molecule has 1 amide bonds. The molecule has 1 rings (SSSR count). The summed E-state index contributed by atoms with van der Waals surface area (Å²) in [7, 11) is 0. The Morgan fingerprint density at radius 2 is 1.52 bits per heavy atom. The number of hydrogen-bond donors (Lipinski definition) is 1. The molecule has 0 aromatic rings. The highest BCUT2D eigenvalue weighted by Crippen LogP contribution is 2.09. The van der Waals surface area contributed by atoms with E-state index in [1.807, 2.05) is 0 Å². The number of nitrogens with one attached hydrogen (secondary N) is 1. The summed E-state index contributed by atoms with van der Waals surface area (Å²) in [5.41, 5.74) is 0. The Labute approximate surface area is 170 Å². The van der Waals surface area contributed by atoms with E-state index in [4.69, 9.17) is 0 Å². The van der Waals surface area contributed by atoms with Crippen LogP contribution in [0.1, 0.15) is 71.1 Å². The number of carbonyl (C=O) groups is 1. The van der Waals surface area contributed by atoms with E-state index < -0.39 is 0 Å².